The lowest BCUT2D eigenvalue weighted by molar-refractivity contribution is -0.144. The van der Waals surface area contributed by atoms with Crippen LogP contribution in [0.3, 0.4) is 0 Å². The predicted octanol–water partition coefficient (Wildman–Crippen LogP) is 5.45. The van der Waals surface area contributed by atoms with Gasteiger partial charge < -0.3 is 30.4 Å². The molecular formula is C45H52N10O5S. The number of aromatic nitrogens is 5. The SMILES string of the molecule is Cc1ncsc1-c1ccc(CNC(=O)C2CC(O)CN2C(=O)C(NC(=O)C2CCN(Cc3ccc(-c4cnc(NCc5ccco5)n5cnnc45)cc3)CC2)C(C)(C)C)cc1. The minimum Gasteiger partial charge on any atom is -0.467 e. The molecule has 6 heterocycles. The maximum atomic E-state index is 14.2. The zero-order valence-corrected chi connectivity index (χ0v) is 35.7. The maximum Gasteiger partial charge on any atom is 0.246 e. The first-order chi connectivity index (χ1) is 29.4. The van der Waals surface area contributed by atoms with Crippen LogP contribution in [-0.4, -0.2) is 95.0 Å². The van der Waals surface area contributed by atoms with E-state index in [1.807, 2.05) is 74.0 Å². The predicted molar refractivity (Wildman–Crippen MR) is 232 cm³/mol. The number of benzene rings is 2. The average molecular weight is 845 g/mol. The molecule has 2 fully saturated rings. The van der Waals surface area contributed by atoms with Crippen LogP contribution in [0.2, 0.25) is 0 Å². The summed E-state index contributed by atoms with van der Waals surface area (Å²) in [5.74, 6) is 0.311. The lowest BCUT2D eigenvalue weighted by Gasteiger charge is -2.37. The van der Waals surface area contributed by atoms with Crippen molar-refractivity contribution in [2.75, 3.05) is 25.0 Å². The molecule has 16 heteroatoms. The summed E-state index contributed by atoms with van der Waals surface area (Å²) >= 11 is 1.59. The van der Waals surface area contributed by atoms with Crippen molar-refractivity contribution in [1.82, 2.24) is 45.0 Å². The minimum atomic E-state index is -0.872. The van der Waals surface area contributed by atoms with Gasteiger partial charge >= 0.3 is 0 Å². The molecule has 61 heavy (non-hydrogen) atoms. The molecule has 2 aliphatic heterocycles. The van der Waals surface area contributed by atoms with E-state index in [-0.39, 0.29) is 43.1 Å². The van der Waals surface area contributed by atoms with E-state index >= 15 is 0 Å². The number of hydrogen-bond donors (Lipinski definition) is 4. The quantitative estimate of drug-likeness (QED) is 0.116. The summed E-state index contributed by atoms with van der Waals surface area (Å²) in [6, 6.07) is 18.3. The number of furan rings is 1. The zero-order chi connectivity index (χ0) is 42.7. The van der Waals surface area contributed by atoms with Crippen LogP contribution >= 0.6 is 11.3 Å². The number of likely N-dealkylation sites (tertiary alicyclic amines) is 2. The molecule has 2 aromatic carbocycles. The normalized spacial score (nSPS) is 18.0. The molecule has 4 aromatic heterocycles. The van der Waals surface area contributed by atoms with E-state index in [0.29, 0.717) is 31.0 Å². The third-order valence-electron chi connectivity index (χ3n) is 11.7. The summed E-state index contributed by atoms with van der Waals surface area (Å²) in [6.45, 7) is 10.7. The highest BCUT2D eigenvalue weighted by molar-refractivity contribution is 7.13. The Bertz CT molecular complexity index is 2450. The molecule has 0 saturated carbocycles. The van der Waals surface area contributed by atoms with Gasteiger partial charge in [0.2, 0.25) is 23.7 Å². The zero-order valence-electron chi connectivity index (χ0n) is 34.9. The monoisotopic (exact) mass is 844 g/mol. The van der Waals surface area contributed by atoms with E-state index in [0.717, 1.165) is 63.8 Å². The van der Waals surface area contributed by atoms with Gasteiger partial charge in [0.05, 0.1) is 35.0 Å². The standard InChI is InChI=1S/C45H52N10O5S/c1-28-38(61-27-49-28)32-13-7-29(8-14-32)21-46-42(58)37-20-34(56)25-54(37)43(59)39(45(2,3)4)51-41(57)33-15-17-53(18-16-33)24-30-9-11-31(12-10-30)36-23-48-44(55-26-50-52-40(36)55)47-22-35-6-5-19-60-35/h5-14,19,23,26-27,33-34,37,39,56H,15-18,20-22,24-25H2,1-4H3,(H,46,58)(H,47,48)(H,51,57). The number of β-amino-alcohol motifs (C(OH)–C–C–N with tert-alkyl or cyclic N) is 1. The van der Waals surface area contributed by atoms with Gasteiger partial charge in [-0.25, -0.2) is 9.97 Å². The second-order valence-electron chi connectivity index (χ2n) is 17.1. The van der Waals surface area contributed by atoms with Crippen molar-refractivity contribution in [3.05, 3.63) is 108 Å². The topological polar surface area (TPSA) is 183 Å². The van der Waals surface area contributed by atoms with Gasteiger partial charge in [0, 0.05) is 43.7 Å². The smallest absolute Gasteiger partial charge is 0.246 e. The van der Waals surface area contributed by atoms with Gasteiger partial charge in [-0.3, -0.25) is 23.7 Å². The van der Waals surface area contributed by atoms with Crippen LogP contribution < -0.4 is 16.0 Å². The number of carbonyl (C=O) groups is 3. The lowest BCUT2D eigenvalue weighted by atomic mass is 9.84. The molecule has 15 nitrogen and oxygen atoms in total. The maximum absolute atomic E-state index is 14.2. The number of nitrogens with zero attached hydrogens (tertiary/aromatic N) is 7. The molecule has 0 spiro atoms. The Labute approximate surface area is 358 Å². The number of hydrogen-bond acceptors (Lipinski definition) is 12. The number of amides is 3. The van der Waals surface area contributed by atoms with Gasteiger partial charge in [-0.15, -0.1) is 21.5 Å². The molecule has 318 valence electrons. The van der Waals surface area contributed by atoms with Crippen molar-refractivity contribution < 1.29 is 23.9 Å². The number of aryl methyl sites for hydroxylation is 1. The highest BCUT2D eigenvalue weighted by Gasteiger charge is 2.45. The van der Waals surface area contributed by atoms with Crippen molar-refractivity contribution in [2.24, 2.45) is 11.3 Å². The van der Waals surface area contributed by atoms with Crippen molar-refractivity contribution in [3.8, 4) is 21.6 Å². The third kappa shape index (κ3) is 9.51. The Morgan fingerprint density at radius 1 is 0.951 bits per heavy atom. The van der Waals surface area contributed by atoms with Gasteiger partial charge in [0.25, 0.3) is 0 Å². The Morgan fingerprint density at radius 3 is 2.38 bits per heavy atom. The molecule has 3 atom stereocenters. The van der Waals surface area contributed by atoms with Crippen molar-refractivity contribution >= 4 is 40.7 Å². The van der Waals surface area contributed by atoms with Crippen LogP contribution in [0.5, 0.6) is 0 Å². The molecule has 2 saturated heterocycles. The fraction of sp³-hybridized carbons (Fsp3) is 0.400. The molecule has 0 radical (unpaired) electrons. The fourth-order valence-corrected chi connectivity index (χ4v) is 8.99. The first-order valence-electron chi connectivity index (χ1n) is 20.7. The summed E-state index contributed by atoms with van der Waals surface area (Å²) in [7, 11) is 0. The summed E-state index contributed by atoms with van der Waals surface area (Å²) in [4.78, 5) is 55.4. The van der Waals surface area contributed by atoms with E-state index in [9.17, 15) is 19.5 Å². The van der Waals surface area contributed by atoms with Gasteiger partial charge in [0.15, 0.2) is 5.65 Å². The Balaban J connectivity index is 0.835. The summed E-state index contributed by atoms with van der Waals surface area (Å²) in [6.07, 6.45) is 5.68. The van der Waals surface area contributed by atoms with Gasteiger partial charge in [-0.1, -0.05) is 69.3 Å². The van der Waals surface area contributed by atoms with Gasteiger partial charge in [-0.05, 0) is 72.7 Å². The summed E-state index contributed by atoms with van der Waals surface area (Å²) < 4.78 is 7.25. The number of thiazole rings is 1. The molecule has 4 N–H and O–H groups in total. The fourth-order valence-electron chi connectivity index (χ4n) is 8.17. The van der Waals surface area contributed by atoms with Crippen molar-refractivity contribution in [2.45, 2.75) is 84.8 Å². The van der Waals surface area contributed by atoms with Crippen molar-refractivity contribution in [3.63, 3.8) is 0 Å². The van der Waals surface area contributed by atoms with Gasteiger partial charge in [0.1, 0.15) is 24.2 Å². The number of nitrogens with one attached hydrogen (secondary N) is 3. The highest BCUT2D eigenvalue weighted by Crippen LogP contribution is 2.30. The Kier molecular flexibility index (Phi) is 12.3. The molecular weight excluding hydrogens is 793 g/mol. The second kappa shape index (κ2) is 17.9. The molecule has 3 amide bonds. The molecule has 0 aliphatic carbocycles. The molecule has 8 rings (SSSR count). The van der Waals surface area contributed by atoms with Gasteiger partial charge in [-0.2, -0.15) is 0 Å². The van der Waals surface area contributed by atoms with Crippen LogP contribution in [0.15, 0.2) is 89.4 Å². The molecule has 3 unspecified atom stereocenters. The lowest BCUT2D eigenvalue weighted by Crippen LogP contribution is -2.58. The van der Waals surface area contributed by atoms with Crippen LogP contribution in [0, 0.1) is 18.3 Å². The minimum absolute atomic E-state index is 0.0281. The second-order valence-corrected chi connectivity index (χ2v) is 17.9. The van der Waals surface area contributed by atoms with Crippen molar-refractivity contribution in [1.29, 1.82) is 0 Å². The van der Waals surface area contributed by atoms with E-state index in [4.69, 9.17) is 4.42 Å². The summed E-state index contributed by atoms with van der Waals surface area (Å²) in [5.41, 5.74) is 7.84. The number of piperidine rings is 1. The van der Waals surface area contributed by atoms with Crippen LogP contribution in [-0.2, 0) is 34.0 Å². The first-order valence-corrected chi connectivity index (χ1v) is 21.6. The number of aliphatic hydroxyl groups excluding tert-OH is 1. The van der Waals surface area contributed by atoms with E-state index in [1.54, 1.807) is 30.1 Å². The highest BCUT2D eigenvalue weighted by atomic mass is 32.1. The van der Waals surface area contributed by atoms with Crippen LogP contribution in [0.4, 0.5) is 5.95 Å². The number of anilines is 1. The van der Waals surface area contributed by atoms with E-state index < -0.39 is 23.6 Å². The number of carbonyl (C=O) groups excluding carboxylic acids is 3. The van der Waals surface area contributed by atoms with E-state index in [1.165, 1.54) is 4.90 Å². The summed E-state index contributed by atoms with van der Waals surface area (Å²) in [5, 5.41) is 28.5. The number of aliphatic hydroxyl groups is 1. The van der Waals surface area contributed by atoms with E-state index in [2.05, 4.69) is 65.3 Å². The first kappa shape index (κ1) is 41.8. The van der Waals surface area contributed by atoms with Crippen LogP contribution in [0.1, 0.15) is 62.6 Å². The average Bonchev–Trinajstić information content (AvgIpc) is 4.10. The largest absolute Gasteiger partial charge is 0.467 e. The Morgan fingerprint density at radius 2 is 1.69 bits per heavy atom. The van der Waals surface area contributed by atoms with Crippen LogP contribution in [0.25, 0.3) is 27.2 Å². The number of rotatable bonds is 13. The molecule has 2 aliphatic rings. The molecule has 0 bridgehead atoms. The third-order valence-corrected chi connectivity index (χ3v) is 12.6. The molecule has 6 aromatic rings. The Hall–Kier alpha value is -5.97. The number of fused-ring (bicyclic) bond motifs is 1.